The van der Waals surface area contributed by atoms with Crippen molar-refractivity contribution in [3.63, 3.8) is 0 Å². The molecule has 1 atom stereocenters. The van der Waals surface area contributed by atoms with E-state index in [0.29, 0.717) is 6.61 Å². The normalized spacial score (nSPS) is 15.3. The van der Waals surface area contributed by atoms with Gasteiger partial charge < -0.3 is 24.8 Å². The van der Waals surface area contributed by atoms with Crippen LogP contribution in [0.1, 0.15) is 31.9 Å². The van der Waals surface area contributed by atoms with E-state index >= 15 is 0 Å². The Morgan fingerprint density at radius 1 is 1.12 bits per heavy atom. The second-order valence-corrected chi connectivity index (χ2v) is 6.68. The fourth-order valence-electron chi connectivity index (χ4n) is 2.98. The number of hydrogen-bond acceptors (Lipinski definition) is 5. The Morgan fingerprint density at radius 2 is 1.81 bits per heavy atom. The van der Waals surface area contributed by atoms with Gasteiger partial charge in [-0.05, 0) is 43.2 Å². The van der Waals surface area contributed by atoms with Gasteiger partial charge in [-0.2, -0.15) is 0 Å². The number of anilines is 1. The minimum atomic E-state index is 0.0417. The van der Waals surface area contributed by atoms with Gasteiger partial charge in [0.15, 0.2) is 0 Å². The lowest BCUT2D eigenvalue weighted by molar-refractivity contribution is 0.167. The Hall–Kier alpha value is -2.40. The van der Waals surface area contributed by atoms with Crippen LogP contribution in [0.2, 0.25) is 0 Å². The van der Waals surface area contributed by atoms with Crippen LogP contribution in [0.4, 0.5) is 5.69 Å². The van der Waals surface area contributed by atoms with Crippen LogP contribution in [0.25, 0.3) is 0 Å². The molecule has 1 heterocycles. The molecule has 2 aromatic carbocycles. The van der Waals surface area contributed by atoms with Gasteiger partial charge in [0.2, 0.25) is 0 Å². The minimum absolute atomic E-state index is 0.0417. The molecule has 1 saturated heterocycles. The van der Waals surface area contributed by atoms with Gasteiger partial charge >= 0.3 is 0 Å². The minimum Gasteiger partial charge on any atom is -0.494 e. The second kappa shape index (κ2) is 8.32. The van der Waals surface area contributed by atoms with E-state index in [1.54, 1.807) is 7.11 Å². The van der Waals surface area contributed by atoms with Crippen LogP contribution in [0.15, 0.2) is 42.5 Å². The van der Waals surface area contributed by atoms with Crippen LogP contribution in [-0.4, -0.2) is 32.9 Å². The van der Waals surface area contributed by atoms with E-state index in [1.807, 2.05) is 43.3 Å². The molecule has 0 bridgehead atoms. The largest absolute Gasteiger partial charge is 0.494 e. The van der Waals surface area contributed by atoms with Gasteiger partial charge in [-0.1, -0.05) is 19.1 Å². The zero-order valence-electron chi connectivity index (χ0n) is 15.8. The molecule has 2 N–H and O–H groups in total. The molecule has 0 saturated carbocycles. The number of hydrogen-bond donors (Lipinski definition) is 1. The molecule has 0 aromatic heterocycles. The number of benzene rings is 2. The Bertz CT molecular complexity index is 710. The Labute approximate surface area is 155 Å². The standard InChI is InChI=1S/C21H28N2O3/c1-4-11-25-18-9-10-20(21(12-18)24-3)23-13-19(14-23)26-17-7-5-16(6-8-17)15(2)22/h5-10,12,15,19H,4,11,13-14,22H2,1-3H3/t15-/m0/s1. The zero-order chi connectivity index (χ0) is 18.5. The molecule has 0 unspecified atom stereocenters. The van der Waals surface area contributed by atoms with Crippen LogP contribution in [0, 0.1) is 0 Å². The van der Waals surface area contributed by atoms with Crippen molar-refractivity contribution in [2.45, 2.75) is 32.4 Å². The van der Waals surface area contributed by atoms with Crippen LogP contribution in [0.3, 0.4) is 0 Å². The molecule has 5 heteroatoms. The summed E-state index contributed by atoms with van der Waals surface area (Å²) in [4.78, 5) is 2.25. The molecular weight excluding hydrogens is 328 g/mol. The van der Waals surface area contributed by atoms with E-state index in [2.05, 4.69) is 17.9 Å². The maximum absolute atomic E-state index is 6.04. The third-order valence-electron chi connectivity index (χ3n) is 4.52. The van der Waals surface area contributed by atoms with Gasteiger partial charge in [0.25, 0.3) is 0 Å². The van der Waals surface area contributed by atoms with Gasteiger partial charge in [0.1, 0.15) is 23.4 Å². The Balaban J connectivity index is 1.57. The number of nitrogens with zero attached hydrogens (tertiary/aromatic N) is 1. The third kappa shape index (κ3) is 4.22. The average molecular weight is 356 g/mol. The highest BCUT2D eigenvalue weighted by Crippen LogP contribution is 2.35. The van der Waals surface area contributed by atoms with Crippen LogP contribution < -0.4 is 24.8 Å². The van der Waals surface area contributed by atoms with E-state index < -0.39 is 0 Å². The van der Waals surface area contributed by atoms with Crippen molar-refractivity contribution in [3.8, 4) is 17.2 Å². The fraction of sp³-hybridized carbons (Fsp3) is 0.429. The summed E-state index contributed by atoms with van der Waals surface area (Å²) in [5.41, 5.74) is 8.07. The number of rotatable bonds is 8. The summed E-state index contributed by atoms with van der Waals surface area (Å²) >= 11 is 0. The number of methoxy groups -OCH3 is 1. The fourth-order valence-corrected chi connectivity index (χ4v) is 2.98. The van der Waals surface area contributed by atoms with Crippen molar-refractivity contribution in [1.82, 2.24) is 0 Å². The molecule has 1 aliphatic heterocycles. The average Bonchev–Trinajstić information content (AvgIpc) is 2.63. The molecular formula is C21H28N2O3. The quantitative estimate of drug-likeness (QED) is 0.780. The molecule has 2 aromatic rings. The molecule has 3 rings (SSSR count). The smallest absolute Gasteiger partial charge is 0.145 e. The summed E-state index contributed by atoms with van der Waals surface area (Å²) < 4.78 is 17.3. The first-order valence-corrected chi connectivity index (χ1v) is 9.18. The summed E-state index contributed by atoms with van der Waals surface area (Å²) in [7, 11) is 1.69. The Morgan fingerprint density at radius 3 is 2.42 bits per heavy atom. The van der Waals surface area contributed by atoms with Gasteiger partial charge in [-0.25, -0.2) is 0 Å². The lowest BCUT2D eigenvalue weighted by Gasteiger charge is -2.41. The van der Waals surface area contributed by atoms with Crippen molar-refractivity contribution in [1.29, 1.82) is 0 Å². The van der Waals surface area contributed by atoms with Crippen molar-refractivity contribution >= 4 is 5.69 Å². The Kier molecular flexibility index (Phi) is 5.89. The van der Waals surface area contributed by atoms with Crippen molar-refractivity contribution in [2.75, 3.05) is 31.7 Å². The van der Waals surface area contributed by atoms with Crippen molar-refractivity contribution in [3.05, 3.63) is 48.0 Å². The van der Waals surface area contributed by atoms with E-state index in [1.165, 1.54) is 0 Å². The van der Waals surface area contributed by atoms with E-state index in [9.17, 15) is 0 Å². The number of nitrogens with two attached hydrogens (primary N) is 1. The highest BCUT2D eigenvalue weighted by atomic mass is 16.5. The van der Waals surface area contributed by atoms with E-state index in [0.717, 1.165) is 48.0 Å². The monoisotopic (exact) mass is 356 g/mol. The SMILES string of the molecule is CCCOc1ccc(N2CC(Oc3ccc([C@H](C)N)cc3)C2)c(OC)c1. The van der Waals surface area contributed by atoms with Crippen molar-refractivity contribution in [2.24, 2.45) is 5.73 Å². The summed E-state index contributed by atoms with van der Waals surface area (Å²) in [5.74, 6) is 2.56. The highest BCUT2D eigenvalue weighted by molar-refractivity contribution is 5.62. The first kappa shape index (κ1) is 18.4. The molecule has 0 aliphatic carbocycles. The highest BCUT2D eigenvalue weighted by Gasteiger charge is 2.30. The summed E-state index contributed by atoms with van der Waals surface area (Å²) in [6.45, 7) is 6.45. The van der Waals surface area contributed by atoms with Crippen LogP contribution in [0.5, 0.6) is 17.2 Å². The first-order valence-electron chi connectivity index (χ1n) is 9.18. The van der Waals surface area contributed by atoms with Crippen LogP contribution >= 0.6 is 0 Å². The molecule has 5 nitrogen and oxygen atoms in total. The molecule has 26 heavy (non-hydrogen) atoms. The molecule has 1 aliphatic rings. The summed E-state index contributed by atoms with van der Waals surface area (Å²) in [5, 5.41) is 0. The molecule has 1 fully saturated rings. The van der Waals surface area contributed by atoms with Gasteiger partial charge in [-0.3, -0.25) is 0 Å². The van der Waals surface area contributed by atoms with Gasteiger partial charge in [0.05, 0.1) is 32.5 Å². The van der Waals surface area contributed by atoms with Gasteiger partial charge in [-0.15, -0.1) is 0 Å². The second-order valence-electron chi connectivity index (χ2n) is 6.68. The lowest BCUT2D eigenvalue weighted by Crippen LogP contribution is -2.54. The molecule has 0 amide bonds. The molecule has 140 valence electrons. The third-order valence-corrected chi connectivity index (χ3v) is 4.52. The van der Waals surface area contributed by atoms with Crippen LogP contribution in [-0.2, 0) is 0 Å². The summed E-state index contributed by atoms with van der Waals surface area (Å²) in [6, 6.07) is 14.1. The molecule has 0 spiro atoms. The maximum atomic E-state index is 6.04. The first-order chi connectivity index (χ1) is 12.6. The van der Waals surface area contributed by atoms with E-state index in [4.69, 9.17) is 19.9 Å². The molecule has 0 radical (unpaired) electrons. The topological polar surface area (TPSA) is 57.0 Å². The predicted molar refractivity (Wildman–Crippen MR) is 104 cm³/mol. The predicted octanol–water partition coefficient (Wildman–Crippen LogP) is 3.77. The lowest BCUT2D eigenvalue weighted by atomic mass is 10.1. The number of ether oxygens (including phenoxy) is 3. The summed E-state index contributed by atoms with van der Waals surface area (Å²) in [6.07, 6.45) is 1.16. The van der Waals surface area contributed by atoms with Gasteiger partial charge in [0, 0.05) is 12.1 Å². The van der Waals surface area contributed by atoms with E-state index in [-0.39, 0.29) is 12.1 Å². The maximum Gasteiger partial charge on any atom is 0.145 e. The zero-order valence-corrected chi connectivity index (χ0v) is 15.8. The van der Waals surface area contributed by atoms with Crippen molar-refractivity contribution < 1.29 is 14.2 Å².